The Morgan fingerprint density at radius 3 is 2.41 bits per heavy atom. The Balaban J connectivity index is 1.60. The molecule has 0 spiro atoms. The molecule has 1 aliphatic heterocycles. The zero-order chi connectivity index (χ0) is 24.7. The van der Waals surface area contributed by atoms with E-state index in [1.165, 1.54) is 18.9 Å². The molecule has 0 aliphatic carbocycles. The highest BCUT2D eigenvalue weighted by Gasteiger charge is 2.56. The van der Waals surface area contributed by atoms with E-state index in [4.69, 9.17) is 0 Å². The molecule has 4 rings (SSSR count). The van der Waals surface area contributed by atoms with Gasteiger partial charge in [-0.1, -0.05) is 35.8 Å². The lowest BCUT2D eigenvalue weighted by Gasteiger charge is -2.38. The van der Waals surface area contributed by atoms with Crippen LogP contribution in [0.4, 0.5) is 13.2 Å². The van der Waals surface area contributed by atoms with Crippen LogP contribution in [0, 0.1) is 0 Å². The number of nitrogens with one attached hydrogen (secondary N) is 1. The van der Waals surface area contributed by atoms with Gasteiger partial charge in [-0.15, -0.1) is 0 Å². The second-order valence-corrected chi connectivity index (χ2v) is 11.0. The number of hydrogen-bond acceptors (Lipinski definition) is 3. The number of aromatic nitrogens is 1. The topological polar surface area (TPSA) is 59.5 Å². The van der Waals surface area contributed by atoms with Gasteiger partial charge >= 0.3 is 6.18 Å². The summed E-state index contributed by atoms with van der Waals surface area (Å²) in [5, 5.41) is 22.1. The van der Waals surface area contributed by atoms with E-state index < -0.39 is 30.0 Å². The van der Waals surface area contributed by atoms with E-state index in [-0.39, 0.29) is 5.75 Å². The standard InChI is InChI=1S/C26H30BrF3N2O2/c1-24(2,21-13-19(27)6-8-23(21)33)16-25(34,26(28,29)30)14-20-12-18-11-17(5-7-22(18)31-20)15-32-9-3-4-10-32/h5-8,11-13,31,33-34H,3-4,9-10,14-16H2,1-2H3. The summed E-state index contributed by atoms with van der Waals surface area (Å²) in [4.78, 5) is 5.43. The van der Waals surface area contributed by atoms with Gasteiger partial charge in [0.05, 0.1) is 0 Å². The van der Waals surface area contributed by atoms with Crippen LogP contribution in [-0.2, 0) is 18.4 Å². The number of nitrogens with zero attached hydrogens (tertiary/aromatic N) is 1. The Labute approximate surface area is 205 Å². The molecule has 3 N–H and O–H groups in total. The zero-order valence-corrected chi connectivity index (χ0v) is 20.9. The molecule has 0 amide bonds. The number of aromatic hydroxyl groups is 1. The van der Waals surface area contributed by atoms with Crippen molar-refractivity contribution in [1.29, 1.82) is 0 Å². The van der Waals surface area contributed by atoms with Crippen LogP contribution in [0.2, 0.25) is 0 Å². The van der Waals surface area contributed by atoms with E-state index in [1.807, 2.05) is 18.2 Å². The number of aliphatic hydroxyl groups is 1. The molecule has 2 heterocycles. The summed E-state index contributed by atoms with van der Waals surface area (Å²) in [7, 11) is 0. The minimum absolute atomic E-state index is 0.103. The lowest BCUT2D eigenvalue weighted by atomic mass is 9.73. The van der Waals surface area contributed by atoms with Crippen molar-refractivity contribution in [3.05, 3.63) is 63.8 Å². The van der Waals surface area contributed by atoms with Gasteiger partial charge in [-0.05, 0) is 85.1 Å². The average Bonchev–Trinajstić information content (AvgIpc) is 3.37. The molecule has 1 aliphatic rings. The maximum Gasteiger partial charge on any atom is 0.417 e. The van der Waals surface area contributed by atoms with Crippen molar-refractivity contribution < 1.29 is 23.4 Å². The Bertz CT molecular complexity index is 1170. The summed E-state index contributed by atoms with van der Waals surface area (Å²) >= 11 is 3.31. The normalized spacial score (nSPS) is 17.4. The van der Waals surface area contributed by atoms with Crippen LogP contribution in [-0.4, -0.2) is 45.0 Å². The van der Waals surface area contributed by atoms with Crippen molar-refractivity contribution in [2.45, 2.75) is 63.3 Å². The van der Waals surface area contributed by atoms with E-state index in [9.17, 15) is 23.4 Å². The number of halogens is 4. The summed E-state index contributed by atoms with van der Waals surface area (Å²) in [6, 6.07) is 12.2. The third-order valence-corrected chi connectivity index (χ3v) is 7.27. The number of benzene rings is 2. The second kappa shape index (κ2) is 9.21. The largest absolute Gasteiger partial charge is 0.508 e. The molecule has 0 saturated carbocycles. The van der Waals surface area contributed by atoms with Crippen LogP contribution in [0.1, 0.15) is 49.9 Å². The molecule has 184 valence electrons. The van der Waals surface area contributed by atoms with Crippen LogP contribution in [0.5, 0.6) is 5.75 Å². The molecule has 34 heavy (non-hydrogen) atoms. The molecule has 0 bridgehead atoms. The first kappa shape index (κ1) is 25.1. The van der Waals surface area contributed by atoms with Crippen LogP contribution >= 0.6 is 15.9 Å². The van der Waals surface area contributed by atoms with Crippen molar-refractivity contribution in [1.82, 2.24) is 9.88 Å². The molecule has 8 heteroatoms. The van der Waals surface area contributed by atoms with Crippen molar-refractivity contribution in [3.8, 4) is 5.75 Å². The highest BCUT2D eigenvalue weighted by molar-refractivity contribution is 9.10. The van der Waals surface area contributed by atoms with Crippen LogP contribution in [0.3, 0.4) is 0 Å². The average molecular weight is 539 g/mol. The lowest BCUT2D eigenvalue weighted by Crippen LogP contribution is -2.50. The first-order chi connectivity index (χ1) is 15.9. The molecule has 1 saturated heterocycles. The quantitative estimate of drug-likeness (QED) is 0.324. The van der Waals surface area contributed by atoms with Gasteiger partial charge in [0.1, 0.15) is 5.75 Å². The first-order valence-electron chi connectivity index (χ1n) is 11.5. The van der Waals surface area contributed by atoms with E-state index in [0.29, 0.717) is 15.7 Å². The first-order valence-corrected chi connectivity index (χ1v) is 12.3. The third kappa shape index (κ3) is 5.29. The monoisotopic (exact) mass is 538 g/mol. The molecular weight excluding hydrogens is 509 g/mol. The molecular formula is C26H30BrF3N2O2. The summed E-state index contributed by atoms with van der Waals surface area (Å²) in [5.74, 6) is -0.103. The van der Waals surface area contributed by atoms with Gasteiger partial charge in [0.25, 0.3) is 0 Å². The Kier molecular flexibility index (Phi) is 6.79. The highest BCUT2D eigenvalue weighted by atomic mass is 79.9. The molecule has 1 aromatic heterocycles. The minimum atomic E-state index is -4.86. The second-order valence-electron chi connectivity index (χ2n) is 10.1. The van der Waals surface area contributed by atoms with Crippen molar-refractivity contribution in [3.63, 3.8) is 0 Å². The van der Waals surface area contributed by atoms with E-state index in [1.54, 1.807) is 32.0 Å². The highest BCUT2D eigenvalue weighted by Crippen LogP contribution is 2.45. The number of likely N-dealkylation sites (tertiary alicyclic amines) is 1. The smallest absolute Gasteiger partial charge is 0.417 e. The van der Waals surface area contributed by atoms with E-state index in [2.05, 4.69) is 25.8 Å². The number of aromatic amines is 1. The maximum atomic E-state index is 14.2. The summed E-state index contributed by atoms with van der Waals surface area (Å²) < 4.78 is 43.3. The number of fused-ring (bicyclic) bond motifs is 1. The van der Waals surface area contributed by atoms with Gasteiger partial charge in [0.2, 0.25) is 0 Å². The minimum Gasteiger partial charge on any atom is -0.508 e. The van der Waals surface area contributed by atoms with Crippen molar-refractivity contribution >= 4 is 26.8 Å². The number of phenols is 1. The molecule has 1 fully saturated rings. The zero-order valence-electron chi connectivity index (χ0n) is 19.3. The van der Waals surface area contributed by atoms with Gasteiger partial charge in [-0.2, -0.15) is 13.2 Å². The van der Waals surface area contributed by atoms with Crippen molar-refractivity contribution in [2.24, 2.45) is 0 Å². The van der Waals surface area contributed by atoms with Gasteiger partial charge in [0, 0.05) is 34.2 Å². The molecule has 1 atom stereocenters. The number of alkyl halides is 3. The van der Waals surface area contributed by atoms with Gasteiger partial charge in [-0.3, -0.25) is 4.90 Å². The Morgan fingerprint density at radius 1 is 1.03 bits per heavy atom. The number of hydrogen-bond donors (Lipinski definition) is 3. The predicted octanol–water partition coefficient (Wildman–Crippen LogP) is 6.44. The fourth-order valence-corrected chi connectivity index (χ4v) is 5.45. The van der Waals surface area contributed by atoms with Crippen LogP contribution in [0.15, 0.2) is 46.9 Å². The molecule has 2 aromatic carbocycles. The van der Waals surface area contributed by atoms with Crippen LogP contribution in [0.25, 0.3) is 10.9 Å². The lowest BCUT2D eigenvalue weighted by molar-refractivity contribution is -0.266. The fourth-order valence-electron chi connectivity index (χ4n) is 5.09. The number of phenolic OH excluding ortho intramolecular Hbond substituents is 1. The number of H-pyrrole nitrogens is 1. The summed E-state index contributed by atoms with van der Waals surface area (Å²) in [6.45, 7) is 6.16. The summed E-state index contributed by atoms with van der Waals surface area (Å²) in [5.41, 5.74) is -1.60. The van der Waals surface area contributed by atoms with Gasteiger partial charge < -0.3 is 15.2 Å². The molecule has 4 nitrogen and oxygen atoms in total. The summed E-state index contributed by atoms with van der Waals surface area (Å²) in [6.07, 6.45) is -3.68. The number of rotatable bonds is 7. The molecule has 3 aromatic rings. The van der Waals surface area contributed by atoms with Crippen molar-refractivity contribution in [2.75, 3.05) is 13.1 Å². The van der Waals surface area contributed by atoms with Crippen LogP contribution < -0.4 is 0 Å². The molecule has 1 unspecified atom stereocenters. The van der Waals surface area contributed by atoms with Gasteiger partial charge in [0.15, 0.2) is 5.60 Å². The fraction of sp³-hybridized carbons (Fsp3) is 0.462. The maximum absolute atomic E-state index is 14.2. The van der Waals surface area contributed by atoms with E-state index >= 15 is 0 Å². The molecule has 0 radical (unpaired) electrons. The third-order valence-electron chi connectivity index (χ3n) is 6.78. The Hall–Kier alpha value is -2.03. The van der Waals surface area contributed by atoms with Gasteiger partial charge in [-0.25, -0.2) is 0 Å². The Morgan fingerprint density at radius 2 is 1.74 bits per heavy atom. The SMILES string of the molecule is CC(C)(CC(O)(Cc1cc2cc(CN3CCCC3)ccc2[nH]1)C(F)(F)F)c1cc(Br)ccc1O. The van der Waals surface area contributed by atoms with E-state index in [0.717, 1.165) is 36.1 Å². The predicted molar refractivity (Wildman–Crippen MR) is 131 cm³/mol.